The maximum absolute atomic E-state index is 14.6. The minimum atomic E-state index is -1.97. The number of fused-ring (bicyclic) bond motifs is 2. The second kappa shape index (κ2) is 21.3. The quantitative estimate of drug-likeness (QED) is 0.0427. The molecule has 20 heteroatoms. The highest BCUT2D eigenvalue weighted by Gasteiger charge is 2.54. The second-order valence-electron chi connectivity index (χ2n) is 18.0. The Balaban J connectivity index is 1.23. The molecule has 6 rings (SSSR count). The number of ether oxygens (including phenoxy) is 7. The molecule has 3 saturated heterocycles. The van der Waals surface area contributed by atoms with Crippen LogP contribution in [0.5, 0.6) is 5.75 Å². The van der Waals surface area contributed by atoms with Crippen LogP contribution in [0.2, 0.25) is 0 Å². The van der Waals surface area contributed by atoms with E-state index in [0.29, 0.717) is 31.2 Å². The van der Waals surface area contributed by atoms with Crippen molar-refractivity contribution in [2.24, 2.45) is 17.3 Å². The molecule has 19 nitrogen and oxygen atoms in total. The van der Waals surface area contributed by atoms with Gasteiger partial charge < -0.3 is 53.6 Å². The van der Waals surface area contributed by atoms with Gasteiger partial charge in [0.15, 0.2) is 11.9 Å². The lowest BCUT2D eigenvalue weighted by Gasteiger charge is -2.38. The monoisotopic (exact) mass is 954 g/mol. The molecule has 0 saturated carbocycles. The summed E-state index contributed by atoms with van der Waals surface area (Å²) in [4.78, 5) is 70.7. The Hall–Kier alpha value is -5.35. The number of aryl methyl sites for hydroxylation is 1. The molecule has 3 aliphatic heterocycles. The molecule has 364 valence electrons. The molecule has 4 N–H and O–H groups in total. The number of hydrogen-bond donors (Lipinski definition) is 4. The number of allylic oxidation sites excluding steroid dienone is 1. The number of thiazole rings is 1. The summed E-state index contributed by atoms with van der Waals surface area (Å²) in [6, 6.07) is 8.98. The van der Waals surface area contributed by atoms with Crippen molar-refractivity contribution in [3.63, 3.8) is 0 Å². The molecule has 3 aliphatic rings. The first kappa shape index (κ1) is 51.0. The SMILES string of the molecule is C=CCOC(=O)[C@H]1O[C@@H](Oc2ccc(COC(=O)O[C@H]3CC(=O)O[C@H](c4ccc5sc(C)nc5c4)C[C@H]4O[C@@]4(C)CCC[C@H](C)[C@H](O)[C@@H](CC=C)C(=O)C3(C)C)cc2[N+](=O)[O-])[C@H](O)[C@@H](O)[C@@H]1O. The largest absolute Gasteiger partial charge is 0.508 e. The van der Waals surface area contributed by atoms with Crippen LogP contribution < -0.4 is 4.74 Å². The van der Waals surface area contributed by atoms with E-state index in [4.69, 9.17) is 33.2 Å². The normalized spacial score (nSPS) is 31.4. The van der Waals surface area contributed by atoms with Gasteiger partial charge in [0.1, 0.15) is 49.5 Å². The molecule has 3 aromatic rings. The number of aliphatic hydroxyl groups excluding tert-OH is 4. The van der Waals surface area contributed by atoms with E-state index in [2.05, 4.69) is 18.1 Å². The van der Waals surface area contributed by atoms with Crippen LogP contribution in [-0.4, -0.2) is 115 Å². The van der Waals surface area contributed by atoms with Gasteiger partial charge in [0.25, 0.3) is 0 Å². The summed E-state index contributed by atoms with van der Waals surface area (Å²) in [6.07, 6.45) is -10.1. The standard InChI is InChI=1S/C47H58N2O17S/c1-8-11-28-37(51)24(3)12-10-17-47(7)35(66-47)21-32(27-14-16-33-29(20-27)48-25(4)67-33)62-36(50)22-34(46(5,6)42(28)55)64-45(57)61-23-26-13-15-31(30(19-26)49(58)59)63-44-40(54)38(52)39(53)41(65-44)43(56)60-18-9-2/h8-9,13-16,19-20,24,28,32,34-35,37-41,44,51-54H,1-2,10-12,17-18,21-23H2,3-7H3/t24-,28+,32-,34-,35+,37-,38-,39-,40+,41-,44+,47-/m0/s1. The van der Waals surface area contributed by atoms with Crippen molar-refractivity contribution in [1.82, 2.24) is 4.98 Å². The van der Waals surface area contributed by atoms with E-state index >= 15 is 0 Å². The molecule has 0 amide bonds. The van der Waals surface area contributed by atoms with Crippen molar-refractivity contribution >= 4 is 51.1 Å². The van der Waals surface area contributed by atoms with Crippen LogP contribution in [0.3, 0.4) is 0 Å². The average Bonchev–Trinajstić information content (AvgIpc) is 3.76. The van der Waals surface area contributed by atoms with Crippen molar-refractivity contribution in [1.29, 1.82) is 0 Å². The number of benzene rings is 2. The number of nitrogens with zero attached hydrogens (tertiary/aromatic N) is 2. The summed E-state index contributed by atoms with van der Waals surface area (Å²) in [5.74, 6) is -4.22. The number of esters is 2. The highest BCUT2D eigenvalue weighted by Crippen LogP contribution is 2.47. The molecular weight excluding hydrogens is 897 g/mol. The summed E-state index contributed by atoms with van der Waals surface area (Å²) >= 11 is 1.53. The molecule has 67 heavy (non-hydrogen) atoms. The van der Waals surface area contributed by atoms with E-state index in [9.17, 15) is 49.7 Å². The lowest BCUT2D eigenvalue weighted by atomic mass is 9.71. The minimum Gasteiger partial charge on any atom is -0.459 e. The topological polar surface area (TPSA) is 273 Å². The van der Waals surface area contributed by atoms with Crippen LogP contribution in [0.4, 0.5) is 10.5 Å². The van der Waals surface area contributed by atoms with Gasteiger partial charge in [0, 0.05) is 18.4 Å². The lowest BCUT2D eigenvalue weighted by molar-refractivity contribution is -0.387. The van der Waals surface area contributed by atoms with Crippen LogP contribution in [0, 0.1) is 34.3 Å². The Labute approximate surface area is 390 Å². The van der Waals surface area contributed by atoms with E-state index in [1.54, 1.807) is 0 Å². The molecular formula is C47H58N2O17S. The first-order valence-corrected chi connectivity index (χ1v) is 22.8. The summed E-state index contributed by atoms with van der Waals surface area (Å²) in [5, 5.41) is 56.0. The maximum Gasteiger partial charge on any atom is 0.508 e. The zero-order valence-electron chi connectivity index (χ0n) is 37.9. The first-order chi connectivity index (χ1) is 31.7. The Morgan fingerprint density at radius 1 is 1.01 bits per heavy atom. The third kappa shape index (κ3) is 11.9. The molecule has 0 radical (unpaired) electrons. The Bertz CT molecular complexity index is 2330. The number of nitro benzene ring substituents is 1. The Morgan fingerprint density at radius 2 is 1.76 bits per heavy atom. The van der Waals surface area contributed by atoms with E-state index in [1.807, 2.05) is 39.0 Å². The van der Waals surface area contributed by atoms with Crippen LogP contribution >= 0.6 is 11.3 Å². The summed E-state index contributed by atoms with van der Waals surface area (Å²) in [5.41, 5.74) is -1.37. The van der Waals surface area contributed by atoms with Crippen molar-refractivity contribution in [2.45, 2.75) is 140 Å². The fraction of sp³-hybridized carbons (Fsp3) is 0.553. The van der Waals surface area contributed by atoms with Gasteiger partial charge in [0.05, 0.1) is 49.8 Å². The lowest BCUT2D eigenvalue weighted by Crippen LogP contribution is -2.61. The third-order valence-corrected chi connectivity index (χ3v) is 13.7. The van der Waals surface area contributed by atoms with Crippen LogP contribution in [0.15, 0.2) is 61.7 Å². The number of aromatic nitrogens is 1. The molecule has 0 aliphatic carbocycles. The minimum absolute atomic E-state index is 0.0442. The predicted octanol–water partition coefficient (Wildman–Crippen LogP) is 5.64. The van der Waals surface area contributed by atoms with E-state index in [0.717, 1.165) is 27.4 Å². The molecule has 3 fully saturated rings. The van der Waals surface area contributed by atoms with Crippen molar-refractivity contribution in [2.75, 3.05) is 6.61 Å². The number of Topliss-reactive ketones (excluding diaryl/α,β-unsaturated/α-hetero) is 1. The fourth-order valence-electron chi connectivity index (χ4n) is 8.55. The Kier molecular flexibility index (Phi) is 16.2. The molecule has 0 spiro atoms. The van der Waals surface area contributed by atoms with Crippen molar-refractivity contribution in [3.05, 3.63) is 88.0 Å². The number of aliphatic hydroxyl groups is 4. The molecule has 1 aromatic heterocycles. The molecule has 0 unspecified atom stereocenters. The van der Waals surface area contributed by atoms with Crippen LogP contribution in [0.25, 0.3) is 10.2 Å². The average molecular weight is 955 g/mol. The highest BCUT2D eigenvalue weighted by atomic mass is 32.1. The van der Waals surface area contributed by atoms with Gasteiger partial charge in [-0.3, -0.25) is 19.7 Å². The smallest absolute Gasteiger partial charge is 0.459 e. The van der Waals surface area contributed by atoms with Gasteiger partial charge >= 0.3 is 23.8 Å². The van der Waals surface area contributed by atoms with Crippen molar-refractivity contribution < 1.29 is 77.7 Å². The van der Waals surface area contributed by atoms with Gasteiger partial charge in [0.2, 0.25) is 6.29 Å². The summed E-state index contributed by atoms with van der Waals surface area (Å²) < 4.78 is 40.3. The van der Waals surface area contributed by atoms with Gasteiger partial charge in [-0.05, 0) is 82.2 Å². The number of hydrogen-bond acceptors (Lipinski definition) is 19. The molecule has 0 bridgehead atoms. The highest BCUT2D eigenvalue weighted by molar-refractivity contribution is 7.18. The molecule has 12 atom stereocenters. The van der Waals surface area contributed by atoms with E-state index < -0.39 is 119 Å². The molecule has 4 heterocycles. The third-order valence-electron chi connectivity index (χ3n) is 12.7. The number of carbonyl (C=O) groups excluding carboxylic acids is 4. The van der Waals surface area contributed by atoms with Crippen molar-refractivity contribution in [3.8, 4) is 5.75 Å². The zero-order valence-corrected chi connectivity index (χ0v) is 38.8. The summed E-state index contributed by atoms with van der Waals surface area (Å²) in [7, 11) is 0. The predicted molar refractivity (Wildman–Crippen MR) is 238 cm³/mol. The number of nitro groups is 1. The van der Waals surface area contributed by atoms with Gasteiger partial charge in [-0.15, -0.1) is 17.9 Å². The van der Waals surface area contributed by atoms with E-state index in [1.165, 1.54) is 43.4 Å². The van der Waals surface area contributed by atoms with E-state index in [-0.39, 0.29) is 30.6 Å². The number of epoxide rings is 1. The number of carbonyl (C=O) groups is 4. The first-order valence-electron chi connectivity index (χ1n) is 22.0. The van der Waals surface area contributed by atoms with Crippen LogP contribution in [0.1, 0.15) is 88.5 Å². The summed E-state index contributed by atoms with van der Waals surface area (Å²) in [6.45, 7) is 15.1. The number of cyclic esters (lactones) is 1. The van der Waals surface area contributed by atoms with Gasteiger partial charge in [-0.2, -0.15) is 0 Å². The number of ketones is 1. The fourth-order valence-corrected chi connectivity index (χ4v) is 9.36. The molecule has 2 aromatic carbocycles. The number of rotatable bonds is 12. The van der Waals surface area contributed by atoms with Gasteiger partial charge in [-0.25, -0.2) is 14.6 Å². The second-order valence-corrected chi connectivity index (χ2v) is 19.2. The maximum atomic E-state index is 14.6. The Morgan fingerprint density at radius 3 is 2.46 bits per heavy atom. The van der Waals surface area contributed by atoms with Crippen LogP contribution in [-0.2, 0) is 49.4 Å². The van der Waals surface area contributed by atoms with Gasteiger partial charge in [-0.1, -0.05) is 44.2 Å². The zero-order chi connectivity index (χ0) is 49.0.